The van der Waals surface area contributed by atoms with Crippen molar-refractivity contribution in [2.75, 3.05) is 0 Å². The quantitative estimate of drug-likeness (QED) is 0.347. The van der Waals surface area contributed by atoms with Gasteiger partial charge in [-0.1, -0.05) is 30.3 Å². The van der Waals surface area contributed by atoms with Gasteiger partial charge < -0.3 is 4.74 Å². The third-order valence-corrected chi connectivity index (χ3v) is 2.05. The smallest absolute Gasteiger partial charge is 0.342 e. The van der Waals surface area contributed by atoms with Gasteiger partial charge in [0, 0.05) is 0 Å². The first-order valence-corrected chi connectivity index (χ1v) is 5.49. The lowest BCUT2D eigenvalue weighted by Gasteiger charge is -2.08. The molecule has 1 aromatic rings. The average molecular weight is 232 g/mol. The van der Waals surface area contributed by atoms with E-state index in [2.05, 4.69) is 0 Å². The van der Waals surface area contributed by atoms with E-state index in [1.54, 1.807) is 19.9 Å². The van der Waals surface area contributed by atoms with Gasteiger partial charge in [-0.05, 0) is 32.4 Å². The Morgan fingerprint density at radius 1 is 1.18 bits per heavy atom. The second-order valence-electron chi connectivity index (χ2n) is 3.98. The maximum absolute atomic E-state index is 11.7. The van der Waals surface area contributed by atoms with E-state index >= 15 is 0 Å². The molecule has 0 aliphatic rings. The molecular weight excluding hydrogens is 216 g/mol. The summed E-state index contributed by atoms with van der Waals surface area (Å²) in [5, 5.41) is 0. The molecule has 90 valence electrons. The number of carbonyl (C=O) groups is 2. The van der Waals surface area contributed by atoms with Gasteiger partial charge in [-0.15, -0.1) is 0 Å². The molecule has 0 spiro atoms. The first-order chi connectivity index (χ1) is 8.00. The van der Waals surface area contributed by atoms with Crippen molar-refractivity contribution in [3.63, 3.8) is 0 Å². The minimum Gasteiger partial charge on any atom is -0.459 e. The second kappa shape index (κ2) is 5.99. The van der Waals surface area contributed by atoms with Crippen LogP contribution in [0.4, 0.5) is 0 Å². The lowest BCUT2D eigenvalue weighted by atomic mass is 10.1. The Hall–Kier alpha value is -1.90. The Labute approximate surface area is 101 Å². The standard InChI is InChI=1S/C14H16O3/c1-10(2)17-14(16)13(11(3)15)9-12-7-5-4-6-8-12/h4-10H,1-3H3. The lowest BCUT2D eigenvalue weighted by Crippen LogP contribution is -2.17. The van der Waals surface area contributed by atoms with E-state index in [-0.39, 0.29) is 17.5 Å². The molecule has 0 amide bonds. The highest BCUT2D eigenvalue weighted by atomic mass is 16.5. The van der Waals surface area contributed by atoms with Gasteiger partial charge in [-0.2, -0.15) is 0 Å². The van der Waals surface area contributed by atoms with Crippen LogP contribution in [0.25, 0.3) is 6.08 Å². The van der Waals surface area contributed by atoms with Crippen molar-refractivity contribution in [2.45, 2.75) is 26.9 Å². The highest BCUT2D eigenvalue weighted by Crippen LogP contribution is 2.10. The van der Waals surface area contributed by atoms with Crippen LogP contribution in [-0.4, -0.2) is 17.9 Å². The molecule has 0 atom stereocenters. The number of ether oxygens (including phenoxy) is 1. The van der Waals surface area contributed by atoms with Crippen LogP contribution in [0, 0.1) is 0 Å². The molecule has 0 radical (unpaired) electrons. The minimum absolute atomic E-state index is 0.0740. The molecule has 17 heavy (non-hydrogen) atoms. The second-order valence-corrected chi connectivity index (χ2v) is 3.98. The third kappa shape index (κ3) is 4.23. The zero-order chi connectivity index (χ0) is 12.8. The van der Waals surface area contributed by atoms with Crippen molar-refractivity contribution in [2.24, 2.45) is 0 Å². The minimum atomic E-state index is -0.573. The van der Waals surface area contributed by atoms with Crippen molar-refractivity contribution < 1.29 is 14.3 Å². The van der Waals surface area contributed by atoms with Crippen molar-refractivity contribution in [1.82, 2.24) is 0 Å². The molecule has 0 unspecified atom stereocenters. The van der Waals surface area contributed by atoms with Gasteiger partial charge in [0.25, 0.3) is 0 Å². The molecule has 0 heterocycles. The van der Waals surface area contributed by atoms with Crippen LogP contribution in [0.1, 0.15) is 26.3 Å². The number of rotatable bonds is 4. The highest BCUT2D eigenvalue weighted by molar-refractivity contribution is 6.19. The number of esters is 1. The Bertz CT molecular complexity index is 430. The first kappa shape index (κ1) is 13.2. The van der Waals surface area contributed by atoms with Crippen LogP contribution in [0.5, 0.6) is 0 Å². The Kier molecular flexibility index (Phi) is 4.64. The average Bonchev–Trinajstić information content (AvgIpc) is 2.25. The Morgan fingerprint density at radius 2 is 1.76 bits per heavy atom. The van der Waals surface area contributed by atoms with Crippen LogP contribution >= 0.6 is 0 Å². The predicted molar refractivity (Wildman–Crippen MR) is 66.3 cm³/mol. The number of Topliss-reactive ketones (excluding diaryl/α,β-unsaturated/α-hetero) is 1. The topological polar surface area (TPSA) is 43.4 Å². The number of hydrogen-bond donors (Lipinski definition) is 0. The molecule has 0 aliphatic carbocycles. The summed E-state index contributed by atoms with van der Waals surface area (Å²) in [4.78, 5) is 23.1. The molecule has 0 N–H and O–H groups in total. The fourth-order valence-electron chi connectivity index (χ4n) is 1.30. The third-order valence-electron chi connectivity index (χ3n) is 2.05. The maximum Gasteiger partial charge on any atom is 0.342 e. The monoisotopic (exact) mass is 232 g/mol. The van der Waals surface area contributed by atoms with Crippen molar-refractivity contribution in [3.05, 3.63) is 41.5 Å². The van der Waals surface area contributed by atoms with Gasteiger partial charge in [0.1, 0.15) is 5.57 Å². The van der Waals surface area contributed by atoms with Crippen LogP contribution in [0.3, 0.4) is 0 Å². The molecule has 3 nitrogen and oxygen atoms in total. The van der Waals surface area contributed by atoms with E-state index in [0.29, 0.717) is 0 Å². The van der Waals surface area contributed by atoms with E-state index < -0.39 is 5.97 Å². The fourth-order valence-corrected chi connectivity index (χ4v) is 1.30. The zero-order valence-corrected chi connectivity index (χ0v) is 10.3. The van der Waals surface area contributed by atoms with E-state index in [1.807, 2.05) is 30.3 Å². The molecule has 0 saturated carbocycles. The van der Waals surface area contributed by atoms with Crippen LogP contribution in [0.2, 0.25) is 0 Å². The predicted octanol–water partition coefficient (Wildman–Crippen LogP) is 2.61. The van der Waals surface area contributed by atoms with Gasteiger partial charge in [0.2, 0.25) is 0 Å². The summed E-state index contributed by atoms with van der Waals surface area (Å²) in [7, 11) is 0. The largest absolute Gasteiger partial charge is 0.459 e. The summed E-state index contributed by atoms with van der Waals surface area (Å²) in [6.07, 6.45) is 1.31. The van der Waals surface area contributed by atoms with E-state index in [4.69, 9.17) is 4.74 Å². The fraction of sp³-hybridized carbons (Fsp3) is 0.286. The molecule has 0 aromatic heterocycles. The summed E-state index contributed by atoms with van der Waals surface area (Å²) in [5.41, 5.74) is 0.878. The molecule has 0 bridgehead atoms. The summed E-state index contributed by atoms with van der Waals surface area (Å²) in [6.45, 7) is 4.85. The van der Waals surface area contributed by atoms with E-state index in [0.717, 1.165) is 5.56 Å². The van der Waals surface area contributed by atoms with E-state index in [9.17, 15) is 9.59 Å². The normalized spacial score (nSPS) is 11.4. The van der Waals surface area contributed by atoms with Gasteiger partial charge in [-0.25, -0.2) is 4.79 Å². The Morgan fingerprint density at radius 3 is 2.24 bits per heavy atom. The van der Waals surface area contributed by atoms with Gasteiger partial charge in [0.15, 0.2) is 5.78 Å². The van der Waals surface area contributed by atoms with Crippen LogP contribution in [-0.2, 0) is 14.3 Å². The van der Waals surface area contributed by atoms with Gasteiger partial charge in [-0.3, -0.25) is 4.79 Å². The van der Waals surface area contributed by atoms with Gasteiger partial charge in [0.05, 0.1) is 6.10 Å². The van der Waals surface area contributed by atoms with Gasteiger partial charge >= 0.3 is 5.97 Å². The summed E-state index contributed by atoms with van der Waals surface area (Å²) in [6, 6.07) is 9.21. The lowest BCUT2D eigenvalue weighted by molar-refractivity contribution is -0.143. The first-order valence-electron chi connectivity index (χ1n) is 5.49. The number of ketones is 1. The van der Waals surface area contributed by atoms with Crippen molar-refractivity contribution >= 4 is 17.8 Å². The SMILES string of the molecule is CC(=O)C(=Cc1ccccc1)C(=O)OC(C)C. The summed E-state index contributed by atoms with van der Waals surface area (Å²) >= 11 is 0. The highest BCUT2D eigenvalue weighted by Gasteiger charge is 2.17. The number of carbonyl (C=O) groups excluding carboxylic acids is 2. The number of benzene rings is 1. The molecule has 0 fully saturated rings. The molecular formula is C14H16O3. The van der Waals surface area contributed by atoms with Crippen molar-refractivity contribution in [3.8, 4) is 0 Å². The number of hydrogen-bond acceptors (Lipinski definition) is 3. The Balaban J connectivity index is 2.98. The molecule has 0 aliphatic heterocycles. The van der Waals surface area contributed by atoms with E-state index in [1.165, 1.54) is 6.92 Å². The summed E-state index contributed by atoms with van der Waals surface area (Å²) in [5.74, 6) is -0.865. The maximum atomic E-state index is 11.7. The zero-order valence-electron chi connectivity index (χ0n) is 10.3. The summed E-state index contributed by atoms with van der Waals surface area (Å²) < 4.78 is 5.02. The van der Waals surface area contributed by atoms with Crippen LogP contribution in [0.15, 0.2) is 35.9 Å². The molecule has 1 rings (SSSR count). The van der Waals surface area contributed by atoms with Crippen molar-refractivity contribution in [1.29, 1.82) is 0 Å². The molecule has 1 aromatic carbocycles. The van der Waals surface area contributed by atoms with Crippen LogP contribution < -0.4 is 0 Å². The molecule has 0 saturated heterocycles. The molecule has 3 heteroatoms.